The molecule has 3 heteroatoms. The number of nitrogens with one attached hydrogen (secondary N) is 1. The molecular weight excluding hydrogens is 248 g/mol. The summed E-state index contributed by atoms with van der Waals surface area (Å²) in [6.45, 7) is 6.96. The first-order valence-corrected chi connectivity index (χ1v) is 7.93. The maximum Gasteiger partial charge on any atom is 0.125 e. The molecule has 2 fully saturated rings. The molecule has 0 aromatic heterocycles. The first-order chi connectivity index (χ1) is 9.65. The second-order valence-electron chi connectivity index (χ2n) is 6.98. The SMILES string of the molecule is CC1(C)Oc2ccccc2C1NC1CCN2CCCC12. The fourth-order valence-corrected chi connectivity index (χ4v) is 4.31. The maximum absolute atomic E-state index is 6.15. The molecule has 3 nitrogen and oxygen atoms in total. The van der Waals surface area contributed by atoms with Gasteiger partial charge in [-0.3, -0.25) is 4.90 Å². The molecule has 3 unspecified atom stereocenters. The van der Waals surface area contributed by atoms with Crippen molar-refractivity contribution in [3.8, 4) is 5.75 Å². The van der Waals surface area contributed by atoms with Crippen molar-refractivity contribution in [3.05, 3.63) is 29.8 Å². The average molecular weight is 272 g/mol. The van der Waals surface area contributed by atoms with Crippen molar-refractivity contribution in [1.82, 2.24) is 10.2 Å². The topological polar surface area (TPSA) is 24.5 Å². The van der Waals surface area contributed by atoms with Gasteiger partial charge in [-0.1, -0.05) is 18.2 Å². The lowest BCUT2D eigenvalue weighted by molar-refractivity contribution is 0.0885. The number of para-hydroxylation sites is 1. The zero-order valence-electron chi connectivity index (χ0n) is 12.4. The predicted octanol–water partition coefficient (Wildman–Crippen LogP) is 2.73. The van der Waals surface area contributed by atoms with Crippen molar-refractivity contribution in [2.24, 2.45) is 0 Å². The predicted molar refractivity (Wildman–Crippen MR) is 80.0 cm³/mol. The molecule has 0 radical (unpaired) electrons. The van der Waals surface area contributed by atoms with Gasteiger partial charge in [0.1, 0.15) is 11.4 Å². The summed E-state index contributed by atoms with van der Waals surface area (Å²) in [5.74, 6) is 1.05. The smallest absolute Gasteiger partial charge is 0.125 e. The van der Waals surface area contributed by atoms with Crippen LogP contribution in [0.5, 0.6) is 5.75 Å². The van der Waals surface area contributed by atoms with Crippen molar-refractivity contribution in [1.29, 1.82) is 0 Å². The lowest BCUT2D eigenvalue weighted by atomic mass is 9.92. The van der Waals surface area contributed by atoms with Gasteiger partial charge in [0.15, 0.2) is 0 Å². The number of rotatable bonds is 2. The number of hydrogen-bond acceptors (Lipinski definition) is 3. The lowest BCUT2D eigenvalue weighted by Gasteiger charge is -2.32. The normalized spacial score (nSPS) is 34.8. The second kappa shape index (κ2) is 4.47. The van der Waals surface area contributed by atoms with Crippen molar-refractivity contribution in [2.45, 2.75) is 56.8 Å². The molecule has 3 aliphatic heterocycles. The molecule has 0 spiro atoms. The Morgan fingerprint density at radius 2 is 2.05 bits per heavy atom. The Bertz CT molecular complexity index is 513. The van der Waals surface area contributed by atoms with Crippen LogP contribution in [0.4, 0.5) is 0 Å². The molecule has 1 N–H and O–H groups in total. The van der Waals surface area contributed by atoms with Crippen molar-refractivity contribution in [3.63, 3.8) is 0 Å². The minimum Gasteiger partial charge on any atom is -0.486 e. The standard InChI is InChI=1S/C17H24N2O/c1-17(2)16(12-6-3-4-8-15(12)20-17)18-13-9-11-19-10-5-7-14(13)19/h3-4,6,8,13-14,16,18H,5,7,9-11H2,1-2H3. The van der Waals surface area contributed by atoms with E-state index >= 15 is 0 Å². The highest BCUT2D eigenvalue weighted by molar-refractivity contribution is 5.42. The molecule has 1 aromatic rings. The zero-order valence-corrected chi connectivity index (χ0v) is 12.4. The molecule has 108 valence electrons. The van der Waals surface area contributed by atoms with E-state index in [1.54, 1.807) is 0 Å². The average Bonchev–Trinajstić information content (AvgIpc) is 3.05. The molecule has 3 heterocycles. The Labute approximate surface area is 121 Å². The summed E-state index contributed by atoms with van der Waals surface area (Å²) in [5, 5.41) is 3.93. The van der Waals surface area contributed by atoms with Crippen molar-refractivity contribution in [2.75, 3.05) is 13.1 Å². The molecule has 0 amide bonds. The van der Waals surface area contributed by atoms with Crippen molar-refractivity contribution < 1.29 is 4.74 Å². The Balaban J connectivity index is 1.58. The molecule has 3 atom stereocenters. The van der Waals surface area contributed by atoms with Gasteiger partial charge in [0.05, 0.1) is 6.04 Å². The molecule has 1 aromatic carbocycles. The van der Waals surface area contributed by atoms with Crippen LogP contribution in [-0.2, 0) is 0 Å². The van der Waals surface area contributed by atoms with Crippen LogP contribution in [0.25, 0.3) is 0 Å². The number of hydrogen-bond donors (Lipinski definition) is 1. The molecule has 0 aliphatic carbocycles. The summed E-state index contributed by atoms with van der Waals surface area (Å²) in [5.41, 5.74) is 1.17. The third kappa shape index (κ3) is 1.87. The van der Waals surface area contributed by atoms with Gasteiger partial charge < -0.3 is 10.1 Å². The number of ether oxygens (including phenoxy) is 1. The van der Waals surface area contributed by atoms with Crippen molar-refractivity contribution >= 4 is 0 Å². The third-order valence-corrected chi connectivity index (χ3v) is 5.28. The first kappa shape index (κ1) is 12.7. The van der Waals surface area contributed by atoms with E-state index in [1.807, 2.05) is 0 Å². The van der Waals surface area contributed by atoms with Crippen LogP contribution in [0.3, 0.4) is 0 Å². The van der Waals surface area contributed by atoms with Gasteiger partial charge in [-0.25, -0.2) is 0 Å². The van der Waals surface area contributed by atoms with Crippen LogP contribution >= 0.6 is 0 Å². The minimum absolute atomic E-state index is 0.157. The fraction of sp³-hybridized carbons (Fsp3) is 0.647. The van der Waals surface area contributed by atoms with E-state index in [0.29, 0.717) is 12.1 Å². The molecule has 20 heavy (non-hydrogen) atoms. The molecule has 3 aliphatic rings. The molecule has 2 saturated heterocycles. The number of benzene rings is 1. The first-order valence-electron chi connectivity index (χ1n) is 7.93. The molecule has 0 saturated carbocycles. The Morgan fingerprint density at radius 1 is 1.20 bits per heavy atom. The van der Waals surface area contributed by atoms with E-state index in [9.17, 15) is 0 Å². The second-order valence-corrected chi connectivity index (χ2v) is 6.98. The Morgan fingerprint density at radius 3 is 2.95 bits per heavy atom. The molecular formula is C17H24N2O. The monoisotopic (exact) mass is 272 g/mol. The Kier molecular flexibility index (Phi) is 2.83. The van der Waals surface area contributed by atoms with Crippen LogP contribution < -0.4 is 10.1 Å². The van der Waals surface area contributed by atoms with Crippen LogP contribution in [0, 0.1) is 0 Å². The number of fused-ring (bicyclic) bond motifs is 2. The Hall–Kier alpha value is -1.06. The van der Waals surface area contributed by atoms with Crippen LogP contribution in [0.2, 0.25) is 0 Å². The minimum atomic E-state index is -0.157. The van der Waals surface area contributed by atoms with E-state index in [-0.39, 0.29) is 5.60 Å². The summed E-state index contributed by atoms with van der Waals surface area (Å²) in [4.78, 5) is 2.66. The van der Waals surface area contributed by atoms with Crippen LogP contribution in [0.15, 0.2) is 24.3 Å². The lowest BCUT2D eigenvalue weighted by Crippen LogP contribution is -2.47. The highest BCUT2D eigenvalue weighted by Gasteiger charge is 2.45. The maximum atomic E-state index is 6.15. The summed E-state index contributed by atoms with van der Waals surface area (Å²) in [6, 6.07) is 10.2. The fourth-order valence-electron chi connectivity index (χ4n) is 4.31. The summed E-state index contributed by atoms with van der Waals surface area (Å²) in [7, 11) is 0. The van der Waals surface area contributed by atoms with E-state index < -0.39 is 0 Å². The largest absolute Gasteiger partial charge is 0.486 e. The summed E-state index contributed by atoms with van der Waals surface area (Å²) in [6.07, 6.45) is 4.00. The van der Waals surface area contributed by atoms with Gasteiger partial charge in [0, 0.05) is 24.2 Å². The van der Waals surface area contributed by atoms with E-state index in [2.05, 4.69) is 48.3 Å². The molecule has 4 rings (SSSR count). The van der Waals surface area contributed by atoms with Gasteiger partial charge in [-0.05, 0) is 45.7 Å². The van der Waals surface area contributed by atoms with Gasteiger partial charge in [0.25, 0.3) is 0 Å². The van der Waals surface area contributed by atoms with Gasteiger partial charge in [0.2, 0.25) is 0 Å². The zero-order chi connectivity index (χ0) is 13.7. The highest BCUT2D eigenvalue weighted by atomic mass is 16.5. The quantitative estimate of drug-likeness (QED) is 0.896. The third-order valence-electron chi connectivity index (χ3n) is 5.28. The highest BCUT2D eigenvalue weighted by Crippen LogP contribution is 2.44. The summed E-state index contributed by atoms with van der Waals surface area (Å²) < 4.78 is 6.15. The van der Waals surface area contributed by atoms with E-state index in [1.165, 1.54) is 37.9 Å². The van der Waals surface area contributed by atoms with Crippen LogP contribution in [0.1, 0.15) is 44.7 Å². The summed E-state index contributed by atoms with van der Waals surface area (Å²) >= 11 is 0. The van der Waals surface area contributed by atoms with E-state index in [4.69, 9.17) is 4.74 Å². The van der Waals surface area contributed by atoms with Gasteiger partial charge >= 0.3 is 0 Å². The van der Waals surface area contributed by atoms with Crippen LogP contribution in [-0.4, -0.2) is 35.7 Å². The van der Waals surface area contributed by atoms with Gasteiger partial charge in [-0.15, -0.1) is 0 Å². The van der Waals surface area contributed by atoms with Gasteiger partial charge in [-0.2, -0.15) is 0 Å². The molecule has 0 bridgehead atoms. The number of nitrogens with zero attached hydrogens (tertiary/aromatic N) is 1. The van der Waals surface area contributed by atoms with E-state index in [0.717, 1.165) is 11.8 Å².